The Labute approximate surface area is 141 Å². The number of rotatable bonds is 4. The van der Waals surface area contributed by atoms with Crippen molar-refractivity contribution in [1.82, 2.24) is 20.7 Å². The van der Waals surface area contributed by atoms with Crippen LogP contribution in [0.25, 0.3) is 0 Å². The number of benzene rings is 1. The first-order valence-electron chi connectivity index (χ1n) is 8.35. The highest BCUT2D eigenvalue weighted by molar-refractivity contribution is 5.82. The summed E-state index contributed by atoms with van der Waals surface area (Å²) in [5.41, 5.74) is 9.90. The molecule has 0 spiro atoms. The number of hydrazine groups is 1. The summed E-state index contributed by atoms with van der Waals surface area (Å²) in [5.74, 6) is 1.01. The first kappa shape index (κ1) is 15.2. The van der Waals surface area contributed by atoms with Crippen molar-refractivity contribution in [1.29, 1.82) is 0 Å². The highest BCUT2D eigenvalue weighted by Gasteiger charge is 2.30. The first-order valence-corrected chi connectivity index (χ1v) is 8.35. The number of aryl methyl sites for hydroxylation is 1. The van der Waals surface area contributed by atoms with E-state index in [0.29, 0.717) is 6.54 Å². The molecule has 1 saturated heterocycles. The van der Waals surface area contributed by atoms with Gasteiger partial charge in [-0.3, -0.25) is 4.79 Å². The van der Waals surface area contributed by atoms with E-state index >= 15 is 0 Å². The molecular formula is C18H22N4O2. The van der Waals surface area contributed by atoms with E-state index in [2.05, 4.69) is 28.3 Å². The summed E-state index contributed by atoms with van der Waals surface area (Å²) in [6.07, 6.45) is 3.67. The van der Waals surface area contributed by atoms with Crippen LogP contribution in [0.2, 0.25) is 0 Å². The molecule has 2 atom stereocenters. The minimum absolute atomic E-state index is 0.0238. The van der Waals surface area contributed by atoms with Crippen molar-refractivity contribution in [3.05, 3.63) is 53.3 Å². The zero-order valence-corrected chi connectivity index (χ0v) is 13.7. The van der Waals surface area contributed by atoms with Crippen LogP contribution in [-0.2, 0) is 24.8 Å². The highest BCUT2D eigenvalue weighted by Crippen LogP contribution is 2.30. The van der Waals surface area contributed by atoms with Gasteiger partial charge in [0.1, 0.15) is 11.8 Å². The molecule has 2 unspecified atom stereocenters. The molecule has 2 aromatic rings. The van der Waals surface area contributed by atoms with Gasteiger partial charge in [-0.25, -0.2) is 10.9 Å². The van der Waals surface area contributed by atoms with Crippen LogP contribution in [0.1, 0.15) is 29.3 Å². The number of carbonyl (C=O) groups is 1. The molecule has 3 heterocycles. The lowest BCUT2D eigenvalue weighted by Crippen LogP contribution is -2.43. The molecular weight excluding hydrogens is 304 g/mol. The summed E-state index contributed by atoms with van der Waals surface area (Å²) < 4.78 is 7.56. The van der Waals surface area contributed by atoms with Crippen molar-refractivity contribution in [2.75, 3.05) is 6.61 Å². The Hall–Kier alpha value is -2.31. The molecule has 2 aliphatic heterocycles. The van der Waals surface area contributed by atoms with Crippen LogP contribution in [0, 0.1) is 0 Å². The van der Waals surface area contributed by atoms with Crippen LogP contribution in [0.4, 0.5) is 0 Å². The smallest absolute Gasteiger partial charge is 0.238 e. The molecule has 6 nitrogen and oxygen atoms in total. The zero-order valence-electron chi connectivity index (χ0n) is 13.7. The Balaban J connectivity index is 1.36. The number of nitrogens with one attached hydrogen (secondary N) is 3. The molecule has 0 bridgehead atoms. The van der Waals surface area contributed by atoms with E-state index in [0.717, 1.165) is 30.9 Å². The third-order valence-electron chi connectivity index (χ3n) is 4.83. The van der Waals surface area contributed by atoms with Crippen molar-refractivity contribution < 1.29 is 9.53 Å². The van der Waals surface area contributed by atoms with Crippen molar-refractivity contribution in [2.24, 2.45) is 7.05 Å². The monoisotopic (exact) mass is 326 g/mol. The van der Waals surface area contributed by atoms with Crippen LogP contribution < -0.4 is 20.9 Å². The van der Waals surface area contributed by atoms with Gasteiger partial charge in [0.2, 0.25) is 5.91 Å². The first-order chi connectivity index (χ1) is 11.7. The van der Waals surface area contributed by atoms with Crippen molar-refractivity contribution >= 4 is 5.91 Å². The quantitative estimate of drug-likeness (QED) is 0.789. The molecule has 3 N–H and O–H groups in total. The summed E-state index contributed by atoms with van der Waals surface area (Å²) in [5, 5.41) is 3.00. The lowest BCUT2D eigenvalue weighted by Gasteiger charge is -2.12. The Morgan fingerprint density at radius 2 is 2.29 bits per heavy atom. The van der Waals surface area contributed by atoms with E-state index in [1.54, 1.807) is 0 Å². The largest absolute Gasteiger partial charge is 0.493 e. The fourth-order valence-corrected chi connectivity index (χ4v) is 3.35. The fraction of sp³-hybridized carbons (Fsp3) is 0.389. The van der Waals surface area contributed by atoms with Gasteiger partial charge in [0, 0.05) is 31.4 Å². The number of hydrogen-bond donors (Lipinski definition) is 3. The van der Waals surface area contributed by atoms with E-state index in [9.17, 15) is 4.79 Å². The lowest BCUT2D eigenvalue weighted by molar-refractivity contribution is -0.123. The van der Waals surface area contributed by atoms with Crippen molar-refractivity contribution in [2.45, 2.75) is 31.5 Å². The number of hydrogen-bond acceptors (Lipinski definition) is 4. The van der Waals surface area contributed by atoms with E-state index < -0.39 is 0 Å². The highest BCUT2D eigenvalue weighted by atomic mass is 16.5. The third kappa shape index (κ3) is 2.90. The molecule has 1 aromatic carbocycles. The van der Waals surface area contributed by atoms with Gasteiger partial charge in [0.15, 0.2) is 0 Å². The summed E-state index contributed by atoms with van der Waals surface area (Å²) in [6, 6.07) is 10.2. The topological polar surface area (TPSA) is 67.3 Å². The normalized spacial score (nSPS) is 22.2. The third-order valence-corrected chi connectivity index (χ3v) is 4.83. The molecule has 0 saturated carbocycles. The van der Waals surface area contributed by atoms with Gasteiger partial charge in [0.25, 0.3) is 0 Å². The maximum Gasteiger partial charge on any atom is 0.238 e. The van der Waals surface area contributed by atoms with Crippen LogP contribution in [-0.4, -0.2) is 23.1 Å². The van der Waals surface area contributed by atoms with Gasteiger partial charge in [-0.2, -0.15) is 0 Å². The van der Waals surface area contributed by atoms with Crippen molar-refractivity contribution in [3.8, 4) is 5.75 Å². The molecule has 126 valence electrons. The Kier molecular flexibility index (Phi) is 4.00. The lowest BCUT2D eigenvalue weighted by atomic mass is 9.99. The SMILES string of the molecule is Cn1cccc1CNC(=O)C1CC(c2ccc3c(c2)CCO3)NN1. The number of fused-ring (bicyclic) bond motifs is 1. The molecule has 1 fully saturated rings. The second-order valence-corrected chi connectivity index (χ2v) is 6.42. The molecule has 2 aliphatic rings. The Morgan fingerprint density at radius 1 is 1.38 bits per heavy atom. The molecule has 0 aliphatic carbocycles. The second-order valence-electron chi connectivity index (χ2n) is 6.42. The molecule has 1 aromatic heterocycles. The summed E-state index contributed by atoms with van der Waals surface area (Å²) in [6.45, 7) is 1.31. The van der Waals surface area contributed by atoms with E-state index in [1.165, 1.54) is 11.1 Å². The predicted molar refractivity (Wildman–Crippen MR) is 90.3 cm³/mol. The predicted octanol–water partition coefficient (Wildman–Crippen LogP) is 1.18. The minimum atomic E-state index is -0.222. The standard InChI is InChI=1S/C18H22N4O2/c1-22-7-2-3-14(22)11-19-18(23)16-10-15(20-21-16)12-4-5-17-13(9-12)6-8-24-17/h2-5,7,9,15-16,20-21H,6,8,10-11H2,1H3,(H,19,23). The molecule has 0 radical (unpaired) electrons. The van der Waals surface area contributed by atoms with Gasteiger partial charge in [-0.15, -0.1) is 0 Å². The number of ether oxygens (including phenoxy) is 1. The summed E-state index contributed by atoms with van der Waals surface area (Å²) >= 11 is 0. The van der Waals surface area contributed by atoms with Gasteiger partial charge in [-0.1, -0.05) is 12.1 Å². The number of nitrogens with zero attached hydrogens (tertiary/aromatic N) is 1. The van der Waals surface area contributed by atoms with Crippen molar-refractivity contribution in [3.63, 3.8) is 0 Å². The molecule has 4 rings (SSSR count). The van der Waals surface area contributed by atoms with Crippen LogP contribution in [0.3, 0.4) is 0 Å². The van der Waals surface area contributed by atoms with Gasteiger partial charge < -0.3 is 14.6 Å². The van der Waals surface area contributed by atoms with Crippen LogP contribution in [0.15, 0.2) is 36.5 Å². The maximum absolute atomic E-state index is 12.4. The van der Waals surface area contributed by atoms with E-state index in [4.69, 9.17) is 4.74 Å². The van der Waals surface area contributed by atoms with Gasteiger partial charge in [0.05, 0.1) is 13.2 Å². The van der Waals surface area contributed by atoms with E-state index in [-0.39, 0.29) is 18.0 Å². The Morgan fingerprint density at radius 3 is 3.12 bits per heavy atom. The molecule has 6 heteroatoms. The second kappa shape index (κ2) is 6.30. The zero-order chi connectivity index (χ0) is 16.5. The van der Waals surface area contributed by atoms with Crippen LogP contribution in [0.5, 0.6) is 5.75 Å². The average Bonchev–Trinajstić information content (AvgIpc) is 3.32. The minimum Gasteiger partial charge on any atom is -0.493 e. The number of aromatic nitrogens is 1. The van der Waals surface area contributed by atoms with Crippen LogP contribution >= 0.6 is 0 Å². The van der Waals surface area contributed by atoms with Gasteiger partial charge in [-0.05, 0) is 35.7 Å². The van der Waals surface area contributed by atoms with Gasteiger partial charge >= 0.3 is 0 Å². The fourth-order valence-electron chi connectivity index (χ4n) is 3.35. The summed E-state index contributed by atoms with van der Waals surface area (Å²) in [7, 11) is 1.98. The number of amides is 1. The van der Waals surface area contributed by atoms with E-state index in [1.807, 2.05) is 36.0 Å². The Bertz CT molecular complexity index is 755. The molecule has 24 heavy (non-hydrogen) atoms. The molecule has 1 amide bonds. The average molecular weight is 326 g/mol. The summed E-state index contributed by atoms with van der Waals surface area (Å²) in [4.78, 5) is 12.4. The maximum atomic E-state index is 12.4. The number of carbonyl (C=O) groups excluding carboxylic acids is 1.